The van der Waals surface area contributed by atoms with Crippen LogP contribution in [0.25, 0.3) is 22.4 Å². The van der Waals surface area contributed by atoms with Crippen LogP contribution in [0.5, 0.6) is 0 Å². The number of amides is 1. The summed E-state index contributed by atoms with van der Waals surface area (Å²) in [5, 5.41) is 4.38. The monoisotopic (exact) mass is 388 g/mol. The van der Waals surface area contributed by atoms with E-state index in [1.54, 1.807) is 30.3 Å². The fourth-order valence-corrected chi connectivity index (χ4v) is 3.49. The maximum Gasteiger partial charge on any atom is 0.219 e. The van der Waals surface area contributed by atoms with Gasteiger partial charge in [0.1, 0.15) is 5.65 Å². The second kappa shape index (κ2) is 7.11. The molecule has 1 saturated heterocycles. The van der Waals surface area contributed by atoms with Crippen LogP contribution < -0.4 is 5.32 Å². The number of rotatable bonds is 3. The maximum absolute atomic E-state index is 14.3. The third-order valence-electron chi connectivity index (χ3n) is 4.69. The molecule has 0 unspecified atom stereocenters. The number of nitrogens with zero attached hydrogens (tertiary/aromatic N) is 4. The normalized spacial score (nSPS) is 17.3. The molecule has 27 heavy (non-hydrogen) atoms. The number of aromatic nitrogens is 4. The first-order valence-corrected chi connectivity index (χ1v) is 9.06. The Morgan fingerprint density at radius 2 is 2.26 bits per heavy atom. The van der Waals surface area contributed by atoms with Crippen molar-refractivity contribution in [3.63, 3.8) is 0 Å². The SMILES string of the molecule is CC(=O)N1CCC[C@H](Nc2nc(-c3c[nH]c4ncc(Cl)cc34)ncc2F)C1. The molecule has 0 aliphatic carbocycles. The Morgan fingerprint density at radius 1 is 1.41 bits per heavy atom. The zero-order chi connectivity index (χ0) is 19.0. The van der Waals surface area contributed by atoms with Crippen LogP contribution in [-0.4, -0.2) is 49.9 Å². The summed E-state index contributed by atoms with van der Waals surface area (Å²) < 4.78 is 14.3. The maximum atomic E-state index is 14.3. The first-order chi connectivity index (χ1) is 13.0. The van der Waals surface area contributed by atoms with Crippen LogP contribution in [-0.2, 0) is 4.79 Å². The average molecular weight is 389 g/mol. The molecule has 140 valence electrons. The summed E-state index contributed by atoms with van der Waals surface area (Å²) in [4.78, 5) is 29.1. The van der Waals surface area contributed by atoms with E-state index >= 15 is 0 Å². The Bertz CT molecular complexity index is 1010. The molecule has 9 heteroatoms. The number of likely N-dealkylation sites (tertiary alicyclic amines) is 1. The fourth-order valence-electron chi connectivity index (χ4n) is 3.34. The van der Waals surface area contributed by atoms with Gasteiger partial charge in [-0.25, -0.2) is 19.3 Å². The molecular weight excluding hydrogens is 371 g/mol. The minimum Gasteiger partial charge on any atom is -0.363 e. The van der Waals surface area contributed by atoms with Crippen LogP contribution >= 0.6 is 11.6 Å². The van der Waals surface area contributed by atoms with Gasteiger partial charge in [-0.15, -0.1) is 0 Å². The number of fused-ring (bicyclic) bond motifs is 1. The molecule has 1 fully saturated rings. The van der Waals surface area contributed by atoms with Crippen molar-refractivity contribution >= 4 is 34.4 Å². The lowest BCUT2D eigenvalue weighted by molar-refractivity contribution is -0.129. The van der Waals surface area contributed by atoms with Gasteiger partial charge in [-0.2, -0.15) is 0 Å². The van der Waals surface area contributed by atoms with Gasteiger partial charge >= 0.3 is 0 Å². The molecule has 1 amide bonds. The van der Waals surface area contributed by atoms with E-state index in [1.807, 2.05) is 0 Å². The molecule has 2 N–H and O–H groups in total. The summed E-state index contributed by atoms with van der Waals surface area (Å²) in [5.74, 6) is -0.0172. The Morgan fingerprint density at radius 3 is 3.07 bits per heavy atom. The van der Waals surface area contributed by atoms with Crippen LogP contribution in [0.2, 0.25) is 5.02 Å². The second-order valence-electron chi connectivity index (χ2n) is 6.59. The highest BCUT2D eigenvalue weighted by molar-refractivity contribution is 6.31. The molecule has 0 aromatic carbocycles. The number of pyridine rings is 1. The number of piperidine rings is 1. The van der Waals surface area contributed by atoms with E-state index in [0.717, 1.165) is 31.0 Å². The van der Waals surface area contributed by atoms with Crippen molar-refractivity contribution in [2.45, 2.75) is 25.8 Å². The number of H-pyrrole nitrogens is 1. The summed E-state index contributed by atoms with van der Waals surface area (Å²) in [6, 6.07) is 1.71. The third-order valence-corrected chi connectivity index (χ3v) is 4.90. The molecule has 0 bridgehead atoms. The first kappa shape index (κ1) is 17.7. The van der Waals surface area contributed by atoms with Gasteiger partial charge in [0.05, 0.1) is 11.2 Å². The van der Waals surface area contributed by atoms with Gasteiger partial charge in [0, 0.05) is 49.4 Å². The van der Waals surface area contributed by atoms with Gasteiger partial charge in [0.2, 0.25) is 5.91 Å². The molecule has 7 nitrogen and oxygen atoms in total. The highest BCUT2D eigenvalue weighted by Crippen LogP contribution is 2.28. The standard InChI is InChI=1S/C18H18ClFN6O/c1-10(27)26-4-2-3-12(9-26)24-18-15(20)8-23-17(25-18)14-7-22-16-13(14)5-11(19)6-21-16/h5-8,12H,2-4,9H2,1H3,(H,21,22)(H,23,24,25)/t12-/m0/s1. The lowest BCUT2D eigenvalue weighted by Crippen LogP contribution is -2.44. The summed E-state index contributed by atoms with van der Waals surface area (Å²) >= 11 is 6.04. The van der Waals surface area contributed by atoms with Gasteiger partial charge in [0.25, 0.3) is 0 Å². The van der Waals surface area contributed by atoms with Crippen molar-refractivity contribution in [2.24, 2.45) is 0 Å². The number of aromatic amines is 1. The summed E-state index contributed by atoms with van der Waals surface area (Å²) in [7, 11) is 0. The van der Waals surface area contributed by atoms with Crippen molar-refractivity contribution in [3.05, 3.63) is 35.5 Å². The van der Waals surface area contributed by atoms with Crippen molar-refractivity contribution in [1.29, 1.82) is 0 Å². The lowest BCUT2D eigenvalue weighted by atomic mass is 10.1. The van der Waals surface area contributed by atoms with E-state index in [2.05, 4.69) is 25.3 Å². The van der Waals surface area contributed by atoms with Gasteiger partial charge < -0.3 is 15.2 Å². The fraction of sp³-hybridized carbons (Fsp3) is 0.333. The van der Waals surface area contributed by atoms with Crippen LogP contribution in [0.4, 0.5) is 10.2 Å². The minimum atomic E-state index is -0.533. The summed E-state index contributed by atoms with van der Waals surface area (Å²) in [6.07, 6.45) is 6.13. The van der Waals surface area contributed by atoms with Gasteiger partial charge in [-0.05, 0) is 18.9 Å². The molecular formula is C18H18ClFN6O. The van der Waals surface area contributed by atoms with Gasteiger partial charge in [-0.3, -0.25) is 4.79 Å². The molecule has 0 saturated carbocycles. The number of anilines is 1. The van der Waals surface area contributed by atoms with Crippen molar-refractivity contribution < 1.29 is 9.18 Å². The van der Waals surface area contributed by atoms with Gasteiger partial charge in [-0.1, -0.05) is 11.6 Å². The van der Waals surface area contributed by atoms with Gasteiger partial charge in [0.15, 0.2) is 17.5 Å². The zero-order valence-electron chi connectivity index (χ0n) is 14.7. The molecule has 1 aliphatic heterocycles. The number of carbonyl (C=O) groups excluding carboxylic acids is 1. The quantitative estimate of drug-likeness (QED) is 0.719. The van der Waals surface area contributed by atoms with Crippen molar-refractivity contribution in [2.75, 3.05) is 18.4 Å². The van der Waals surface area contributed by atoms with Crippen molar-refractivity contribution in [1.82, 2.24) is 24.8 Å². The predicted molar refractivity (Wildman–Crippen MR) is 101 cm³/mol. The van der Waals surface area contributed by atoms with E-state index in [1.165, 1.54) is 0 Å². The molecule has 3 aromatic heterocycles. The molecule has 1 aliphatic rings. The number of carbonyl (C=O) groups is 1. The van der Waals surface area contributed by atoms with E-state index in [0.29, 0.717) is 28.6 Å². The Hall–Kier alpha value is -2.74. The topological polar surface area (TPSA) is 86.8 Å². The Kier molecular flexibility index (Phi) is 4.65. The highest BCUT2D eigenvalue weighted by atomic mass is 35.5. The smallest absolute Gasteiger partial charge is 0.219 e. The van der Waals surface area contributed by atoms with E-state index in [9.17, 15) is 9.18 Å². The highest BCUT2D eigenvalue weighted by Gasteiger charge is 2.23. The van der Waals surface area contributed by atoms with Crippen LogP contribution in [0.15, 0.2) is 24.7 Å². The first-order valence-electron chi connectivity index (χ1n) is 8.69. The number of hydrogen-bond acceptors (Lipinski definition) is 5. The van der Waals surface area contributed by atoms with Crippen LogP contribution in [0.3, 0.4) is 0 Å². The van der Waals surface area contributed by atoms with E-state index in [4.69, 9.17) is 11.6 Å². The second-order valence-corrected chi connectivity index (χ2v) is 7.03. The number of hydrogen-bond donors (Lipinski definition) is 2. The number of halogens is 2. The molecule has 3 aromatic rings. The molecule has 0 spiro atoms. The summed E-state index contributed by atoms with van der Waals surface area (Å²) in [6.45, 7) is 2.80. The van der Waals surface area contributed by atoms with Crippen LogP contribution in [0.1, 0.15) is 19.8 Å². The zero-order valence-corrected chi connectivity index (χ0v) is 15.4. The molecule has 1 atom stereocenters. The number of nitrogens with one attached hydrogen (secondary N) is 2. The lowest BCUT2D eigenvalue weighted by Gasteiger charge is -2.32. The molecule has 4 heterocycles. The third kappa shape index (κ3) is 3.57. The summed E-state index contributed by atoms with van der Waals surface area (Å²) in [5.41, 5.74) is 1.35. The largest absolute Gasteiger partial charge is 0.363 e. The minimum absolute atomic E-state index is 0.0218. The van der Waals surface area contributed by atoms with E-state index < -0.39 is 5.82 Å². The van der Waals surface area contributed by atoms with Crippen molar-refractivity contribution in [3.8, 4) is 11.4 Å². The van der Waals surface area contributed by atoms with Crippen LogP contribution in [0, 0.1) is 5.82 Å². The average Bonchev–Trinajstić information content (AvgIpc) is 3.07. The van der Waals surface area contributed by atoms with E-state index in [-0.39, 0.29) is 17.8 Å². The molecule has 0 radical (unpaired) electrons. The Balaban J connectivity index is 1.63. The Labute approximate surface area is 160 Å². The predicted octanol–water partition coefficient (Wildman–Crippen LogP) is 3.24. The molecule has 4 rings (SSSR count).